The smallest absolute Gasteiger partial charge is 0.263 e. The van der Waals surface area contributed by atoms with Gasteiger partial charge in [0.1, 0.15) is 11.9 Å². The van der Waals surface area contributed by atoms with Crippen LogP contribution in [-0.2, 0) is 14.8 Å². The van der Waals surface area contributed by atoms with Crippen molar-refractivity contribution in [2.75, 3.05) is 0 Å². The number of amides is 1. The molecule has 6 nitrogen and oxygen atoms in total. The Balaban J connectivity index is 2.43. The number of primary amides is 1. The van der Waals surface area contributed by atoms with Crippen molar-refractivity contribution in [2.24, 2.45) is 16.6 Å². The molecule has 0 aromatic heterocycles. The summed E-state index contributed by atoms with van der Waals surface area (Å²) >= 11 is 0. The molecule has 1 aromatic carbocycles. The Morgan fingerprint density at radius 2 is 2.00 bits per heavy atom. The van der Waals surface area contributed by atoms with Gasteiger partial charge in [0.05, 0.1) is 4.90 Å². The molecule has 0 radical (unpaired) electrons. The van der Waals surface area contributed by atoms with Crippen molar-refractivity contribution in [2.45, 2.75) is 31.2 Å². The average molecular weight is 295 g/mol. The van der Waals surface area contributed by atoms with Gasteiger partial charge in [-0.05, 0) is 24.5 Å². The molecule has 1 aromatic rings. The zero-order chi connectivity index (χ0) is 14.9. The molecule has 0 fully saturated rings. The Labute approximate surface area is 118 Å². The minimum absolute atomic E-state index is 0.173. The Morgan fingerprint density at radius 1 is 1.35 bits per heavy atom. The number of nitrogens with one attached hydrogen (secondary N) is 1. The highest BCUT2D eigenvalue weighted by molar-refractivity contribution is 7.90. The monoisotopic (exact) mass is 295 g/mol. The van der Waals surface area contributed by atoms with E-state index in [-0.39, 0.29) is 16.6 Å². The number of aliphatic imine (C=N–C) groups is 1. The molecule has 0 unspecified atom stereocenters. The second-order valence-electron chi connectivity index (χ2n) is 5.13. The molecule has 20 heavy (non-hydrogen) atoms. The van der Waals surface area contributed by atoms with Crippen molar-refractivity contribution in [3.05, 3.63) is 29.8 Å². The Hall–Kier alpha value is -1.89. The number of sulfonamides is 1. The molecule has 2 rings (SSSR count). The van der Waals surface area contributed by atoms with Crippen LogP contribution in [-0.4, -0.2) is 26.2 Å². The van der Waals surface area contributed by atoms with E-state index in [0.717, 1.165) is 0 Å². The Kier molecular flexibility index (Phi) is 3.80. The number of benzene rings is 1. The number of carbonyl (C=O) groups is 1. The molecule has 1 atom stereocenters. The number of rotatable bonds is 4. The largest absolute Gasteiger partial charge is 0.368 e. The molecule has 0 aliphatic carbocycles. The molecule has 1 aliphatic heterocycles. The standard InChI is InChI=1S/C13H17N3O3S/c1-8(2)7-10(12(14)17)15-13-9-5-3-4-6-11(9)20(18,19)16-13/h3-6,8,10H,7H2,1-2H3,(H2,14,17)(H,15,16)/t10-/m0/s1. The van der Waals surface area contributed by atoms with Gasteiger partial charge in [-0.25, -0.2) is 8.42 Å². The van der Waals surface area contributed by atoms with E-state index < -0.39 is 22.0 Å². The van der Waals surface area contributed by atoms with Gasteiger partial charge in [0.15, 0.2) is 0 Å². The lowest BCUT2D eigenvalue weighted by atomic mass is 10.0. The first-order valence-corrected chi connectivity index (χ1v) is 7.79. The lowest BCUT2D eigenvalue weighted by Gasteiger charge is -2.12. The summed E-state index contributed by atoms with van der Waals surface area (Å²) in [5, 5.41) is 0. The van der Waals surface area contributed by atoms with Gasteiger partial charge < -0.3 is 5.73 Å². The van der Waals surface area contributed by atoms with Crippen LogP contribution in [0.5, 0.6) is 0 Å². The molecule has 1 amide bonds. The maximum absolute atomic E-state index is 11.9. The highest BCUT2D eigenvalue weighted by Crippen LogP contribution is 2.23. The molecule has 0 bridgehead atoms. The number of hydrogen-bond donors (Lipinski definition) is 2. The van der Waals surface area contributed by atoms with Gasteiger partial charge in [-0.2, -0.15) is 0 Å². The first-order chi connectivity index (χ1) is 9.31. The van der Waals surface area contributed by atoms with E-state index in [1.54, 1.807) is 18.2 Å². The topological polar surface area (TPSA) is 102 Å². The van der Waals surface area contributed by atoms with Crippen molar-refractivity contribution in [1.82, 2.24) is 4.72 Å². The number of nitrogens with two attached hydrogens (primary N) is 1. The summed E-state index contributed by atoms with van der Waals surface area (Å²) in [6, 6.07) is 5.78. The summed E-state index contributed by atoms with van der Waals surface area (Å²) in [5.74, 6) is -0.148. The maximum atomic E-state index is 11.9. The third kappa shape index (κ3) is 2.82. The van der Waals surface area contributed by atoms with E-state index >= 15 is 0 Å². The van der Waals surface area contributed by atoms with Crippen LogP contribution in [0.1, 0.15) is 25.8 Å². The average Bonchev–Trinajstić information content (AvgIpc) is 2.60. The van der Waals surface area contributed by atoms with Crippen LogP contribution in [0.4, 0.5) is 0 Å². The van der Waals surface area contributed by atoms with Crippen molar-refractivity contribution >= 4 is 21.8 Å². The van der Waals surface area contributed by atoms with Crippen LogP contribution in [0.3, 0.4) is 0 Å². The van der Waals surface area contributed by atoms with Crippen LogP contribution < -0.4 is 10.5 Å². The van der Waals surface area contributed by atoms with Crippen LogP contribution >= 0.6 is 0 Å². The minimum Gasteiger partial charge on any atom is -0.368 e. The molecule has 0 saturated heterocycles. The molecule has 0 spiro atoms. The molecule has 0 saturated carbocycles. The number of amidine groups is 1. The normalized spacial score (nSPS) is 19.6. The molecular weight excluding hydrogens is 278 g/mol. The summed E-state index contributed by atoms with van der Waals surface area (Å²) in [4.78, 5) is 15.8. The van der Waals surface area contributed by atoms with Crippen molar-refractivity contribution < 1.29 is 13.2 Å². The molecule has 7 heteroatoms. The minimum atomic E-state index is -3.59. The molecule has 1 heterocycles. The zero-order valence-corrected chi connectivity index (χ0v) is 12.1. The number of nitrogens with zero attached hydrogens (tertiary/aromatic N) is 1. The predicted octanol–water partition coefficient (Wildman–Crippen LogP) is 0.625. The van der Waals surface area contributed by atoms with E-state index in [9.17, 15) is 13.2 Å². The molecule has 3 N–H and O–H groups in total. The summed E-state index contributed by atoms with van der Waals surface area (Å²) in [7, 11) is -3.59. The summed E-state index contributed by atoms with van der Waals surface area (Å²) < 4.78 is 26.2. The molecule has 108 valence electrons. The van der Waals surface area contributed by atoms with E-state index in [0.29, 0.717) is 12.0 Å². The number of hydrogen-bond acceptors (Lipinski definition) is 4. The van der Waals surface area contributed by atoms with E-state index in [4.69, 9.17) is 5.73 Å². The maximum Gasteiger partial charge on any atom is 0.263 e. The van der Waals surface area contributed by atoms with Gasteiger partial charge in [-0.3, -0.25) is 14.5 Å². The van der Waals surface area contributed by atoms with Gasteiger partial charge in [0.25, 0.3) is 10.0 Å². The number of fused-ring (bicyclic) bond motifs is 1. The first-order valence-electron chi connectivity index (χ1n) is 6.30. The zero-order valence-electron chi connectivity index (χ0n) is 11.3. The van der Waals surface area contributed by atoms with Crippen LogP contribution in [0, 0.1) is 5.92 Å². The number of carbonyl (C=O) groups excluding carboxylic acids is 1. The molecule has 1 aliphatic rings. The highest BCUT2D eigenvalue weighted by Gasteiger charge is 2.31. The second-order valence-corrected chi connectivity index (χ2v) is 6.78. The SMILES string of the molecule is CC(C)C[C@H](N=C1NS(=O)(=O)c2ccccc21)C(N)=O. The summed E-state index contributed by atoms with van der Waals surface area (Å²) in [5.41, 5.74) is 5.80. The van der Waals surface area contributed by atoms with Gasteiger partial charge in [0, 0.05) is 5.56 Å². The van der Waals surface area contributed by atoms with E-state index in [1.807, 2.05) is 13.8 Å². The summed E-state index contributed by atoms with van der Waals surface area (Å²) in [6.45, 7) is 3.89. The fourth-order valence-corrected chi connectivity index (χ4v) is 3.30. The van der Waals surface area contributed by atoms with Gasteiger partial charge in [-0.1, -0.05) is 26.0 Å². The van der Waals surface area contributed by atoms with Crippen molar-refractivity contribution in [3.8, 4) is 0 Å². The predicted molar refractivity (Wildman–Crippen MR) is 75.7 cm³/mol. The van der Waals surface area contributed by atoms with E-state index in [2.05, 4.69) is 9.71 Å². The fourth-order valence-electron chi connectivity index (χ4n) is 2.06. The Morgan fingerprint density at radius 3 is 2.60 bits per heavy atom. The van der Waals surface area contributed by atoms with Crippen LogP contribution in [0.15, 0.2) is 34.2 Å². The van der Waals surface area contributed by atoms with Crippen LogP contribution in [0.25, 0.3) is 0 Å². The van der Waals surface area contributed by atoms with Gasteiger partial charge in [-0.15, -0.1) is 0 Å². The van der Waals surface area contributed by atoms with Crippen LogP contribution in [0.2, 0.25) is 0 Å². The third-order valence-electron chi connectivity index (χ3n) is 2.97. The third-order valence-corrected chi connectivity index (χ3v) is 4.37. The van der Waals surface area contributed by atoms with Crippen molar-refractivity contribution in [1.29, 1.82) is 0 Å². The lowest BCUT2D eigenvalue weighted by molar-refractivity contribution is -0.119. The Bertz CT molecular complexity index is 665. The van der Waals surface area contributed by atoms with Gasteiger partial charge in [0.2, 0.25) is 5.91 Å². The highest BCUT2D eigenvalue weighted by atomic mass is 32.2. The first kappa shape index (κ1) is 14.5. The van der Waals surface area contributed by atoms with Gasteiger partial charge >= 0.3 is 0 Å². The van der Waals surface area contributed by atoms with Crippen molar-refractivity contribution in [3.63, 3.8) is 0 Å². The second kappa shape index (κ2) is 5.24. The quantitative estimate of drug-likeness (QED) is 0.851. The summed E-state index contributed by atoms with van der Waals surface area (Å²) in [6.07, 6.45) is 0.475. The molecular formula is C13H17N3O3S. The lowest BCUT2D eigenvalue weighted by Crippen LogP contribution is -2.32. The van der Waals surface area contributed by atoms with E-state index in [1.165, 1.54) is 6.07 Å². The fraction of sp³-hybridized carbons (Fsp3) is 0.385.